The van der Waals surface area contributed by atoms with Gasteiger partial charge >= 0.3 is 0 Å². The van der Waals surface area contributed by atoms with Crippen molar-refractivity contribution in [2.45, 2.75) is 6.42 Å². The molecule has 2 heterocycles. The summed E-state index contributed by atoms with van der Waals surface area (Å²) >= 11 is 5.25. The monoisotopic (exact) mass is 300 g/mol. The first-order valence-electron chi connectivity index (χ1n) is 5.69. The van der Waals surface area contributed by atoms with E-state index < -0.39 is 0 Å². The van der Waals surface area contributed by atoms with Gasteiger partial charge < -0.3 is 10.2 Å². The summed E-state index contributed by atoms with van der Waals surface area (Å²) < 4.78 is 1.20. The van der Waals surface area contributed by atoms with E-state index in [1.165, 1.54) is 28.3 Å². The highest BCUT2D eigenvalue weighted by Gasteiger charge is 2.07. The van der Waals surface area contributed by atoms with E-state index in [4.69, 9.17) is 0 Å². The molecule has 0 unspecified atom stereocenters. The minimum Gasteiger partial charge on any atom is -0.314 e. The highest BCUT2D eigenvalue weighted by molar-refractivity contribution is 9.11. The largest absolute Gasteiger partial charge is 0.314 e. The molecule has 0 spiro atoms. The molecule has 0 atom stereocenters. The number of hydrogen-bond acceptors (Lipinski definition) is 3. The average molecular weight is 301 g/mol. The van der Waals surface area contributed by atoms with Gasteiger partial charge in [-0.3, -0.25) is 0 Å². The Hall–Kier alpha value is -0.160. The number of halogens is 1. The van der Waals surface area contributed by atoms with Crippen molar-refractivity contribution in [1.82, 2.24) is 10.2 Å². The smallest absolute Gasteiger partial charge is 0.0704 e. The summed E-state index contributed by atoms with van der Waals surface area (Å²) in [5, 5.41) is 3.37. The van der Waals surface area contributed by atoms with Gasteiger partial charge in [0.2, 0.25) is 0 Å². The van der Waals surface area contributed by atoms with Gasteiger partial charge in [0, 0.05) is 37.6 Å². The van der Waals surface area contributed by atoms with Gasteiger partial charge in [-0.05, 0) is 40.6 Å². The second-order valence-electron chi connectivity index (χ2n) is 3.92. The molecule has 1 saturated heterocycles. The van der Waals surface area contributed by atoms with Crippen LogP contribution in [0.25, 0.3) is 6.08 Å². The zero-order valence-electron chi connectivity index (χ0n) is 9.29. The highest BCUT2D eigenvalue weighted by atomic mass is 79.9. The molecule has 2 rings (SSSR count). The first-order chi connectivity index (χ1) is 7.84. The number of nitrogens with one attached hydrogen (secondary N) is 1. The van der Waals surface area contributed by atoms with Gasteiger partial charge in [0.1, 0.15) is 0 Å². The maximum Gasteiger partial charge on any atom is 0.0704 e. The third kappa shape index (κ3) is 4.01. The summed E-state index contributed by atoms with van der Waals surface area (Å²) in [6.07, 6.45) is 5.65. The van der Waals surface area contributed by atoms with Crippen molar-refractivity contribution in [3.05, 3.63) is 26.9 Å². The summed E-state index contributed by atoms with van der Waals surface area (Å²) in [7, 11) is 0. The van der Waals surface area contributed by atoms with E-state index >= 15 is 0 Å². The fourth-order valence-electron chi connectivity index (χ4n) is 1.81. The van der Waals surface area contributed by atoms with Gasteiger partial charge in [0.15, 0.2) is 0 Å². The minimum absolute atomic E-state index is 1.14. The lowest BCUT2D eigenvalue weighted by Gasteiger charge is -2.26. The fourth-order valence-corrected chi connectivity index (χ4v) is 3.16. The molecule has 2 nitrogen and oxygen atoms in total. The van der Waals surface area contributed by atoms with Crippen LogP contribution in [-0.4, -0.2) is 37.6 Å². The van der Waals surface area contributed by atoms with Crippen molar-refractivity contribution < 1.29 is 0 Å². The van der Waals surface area contributed by atoms with Crippen LogP contribution in [0, 0.1) is 0 Å². The first kappa shape index (κ1) is 12.3. The second-order valence-corrected chi connectivity index (χ2v) is 6.42. The van der Waals surface area contributed by atoms with E-state index in [0.29, 0.717) is 0 Å². The van der Waals surface area contributed by atoms with Crippen molar-refractivity contribution in [3.8, 4) is 0 Å². The number of rotatable bonds is 4. The molecule has 0 aliphatic carbocycles. The lowest BCUT2D eigenvalue weighted by atomic mass is 10.3. The standard InChI is InChI=1S/C12H17BrN2S/c13-12-5-4-11(16-12)3-1-2-8-15-9-6-14-7-10-15/h1,3-5,14H,2,6-10H2/b3-1+. The quantitative estimate of drug-likeness (QED) is 0.920. The maximum atomic E-state index is 3.47. The van der Waals surface area contributed by atoms with Crippen molar-refractivity contribution >= 4 is 33.3 Å². The van der Waals surface area contributed by atoms with Crippen LogP contribution in [0.3, 0.4) is 0 Å². The highest BCUT2D eigenvalue weighted by Crippen LogP contribution is 2.23. The van der Waals surface area contributed by atoms with E-state index in [0.717, 1.165) is 19.5 Å². The summed E-state index contributed by atoms with van der Waals surface area (Å²) in [5.74, 6) is 0. The summed E-state index contributed by atoms with van der Waals surface area (Å²) in [4.78, 5) is 3.85. The number of thiophene rings is 1. The van der Waals surface area contributed by atoms with Crippen molar-refractivity contribution in [1.29, 1.82) is 0 Å². The molecule has 0 bridgehead atoms. The Morgan fingerprint density at radius 1 is 1.38 bits per heavy atom. The summed E-state index contributed by atoms with van der Waals surface area (Å²) in [6.45, 7) is 5.85. The van der Waals surface area contributed by atoms with Crippen molar-refractivity contribution in [2.75, 3.05) is 32.7 Å². The van der Waals surface area contributed by atoms with E-state index in [2.05, 4.69) is 50.4 Å². The van der Waals surface area contributed by atoms with Gasteiger partial charge in [-0.25, -0.2) is 0 Å². The van der Waals surface area contributed by atoms with Gasteiger partial charge in [-0.15, -0.1) is 11.3 Å². The van der Waals surface area contributed by atoms with Gasteiger partial charge in [-0.1, -0.05) is 6.08 Å². The predicted octanol–water partition coefficient (Wildman–Crippen LogP) is 2.82. The lowest BCUT2D eigenvalue weighted by Crippen LogP contribution is -2.43. The third-order valence-electron chi connectivity index (χ3n) is 2.70. The molecule has 88 valence electrons. The molecule has 0 aromatic carbocycles. The van der Waals surface area contributed by atoms with Gasteiger partial charge in [0.05, 0.1) is 3.79 Å². The molecule has 0 amide bonds. The zero-order valence-corrected chi connectivity index (χ0v) is 11.7. The van der Waals surface area contributed by atoms with Crippen LogP contribution in [-0.2, 0) is 0 Å². The SMILES string of the molecule is Brc1ccc(/C=C/CCN2CCNCC2)s1. The van der Waals surface area contributed by atoms with Crippen LogP contribution >= 0.6 is 27.3 Å². The molecule has 1 aromatic heterocycles. The molecular formula is C12H17BrN2S. The predicted molar refractivity (Wildman–Crippen MR) is 75.0 cm³/mol. The Morgan fingerprint density at radius 2 is 2.19 bits per heavy atom. The van der Waals surface area contributed by atoms with Crippen molar-refractivity contribution in [3.63, 3.8) is 0 Å². The molecule has 1 fully saturated rings. The molecule has 0 radical (unpaired) electrons. The number of hydrogen-bond donors (Lipinski definition) is 1. The normalized spacial score (nSPS) is 18.3. The zero-order chi connectivity index (χ0) is 11.2. The third-order valence-corrected chi connectivity index (χ3v) is 4.29. The van der Waals surface area contributed by atoms with Crippen LogP contribution in [0.2, 0.25) is 0 Å². The molecule has 1 aliphatic heterocycles. The van der Waals surface area contributed by atoms with Crippen molar-refractivity contribution in [2.24, 2.45) is 0 Å². The van der Waals surface area contributed by atoms with E-state index in [1.54, 1.807) is 11.3 Å². The molecular weight excluding hydrogens is 284 g/mol. The van der Waals surface area contributed by atoms with Crippen LogP contribution in [0.15, 0.2) is 22.0 Å². The molecule has 1 aliphatic rings. The van der Waals surface area contributed by atoms with E-state index in [1.807, 2.05) is 0 Å². The topological polar surface area (TPSA) is 15.3 Å². The van der Waals surface area contributed by atoms with E-state index in [9.17, 15) is 0 Å². The Balaban J connectivity index is 1.69. The van der Waals surface area contributed by atoms with Crippen LogP contribution in [0.5, 0.6) is 0 Å². The van der Waals surface area contributed by atoms with E-state index in [-0.39, 0.29) is 0 Å². The molecule has 0 saturated carbocycles. The molecule has 4 heteroatoms. The summed E-state index contributed by atoms with van der Waals surface area (Å²) in [6, 6.07) is 4.25. The molecule has 1 aromatic rings. The van der Waals surface area contributed by atoms with Gasteiger partial charge in [0.25, 0.3) is 0 Å². The Bertz CT molecular complexity index is 343. The lowest BCUT2D eigenvalue weighted by molar-refractivity contribution is 0.245. The average Bonchev–Trinajstić information content (AvgIpc) is 2.72. The maximum absolute atomic E-state index is 3.47. The molecule has 16 heavy (non-hydrogen) atoms. The Labute approximate surface area is 109 Å². The Morgan fingerprint density at radius 3 is 2.88 bits per heavy atom. The van der Waals surface area contributed by atoms with Crippen LogP contribution in [0.1, 0.15) is 11.3 Å². The fraction of sp³-hybridized carbons (Fsp3) is 0.500. The number of piperazine rings is 1. The minimum atomic E-state index is 1.14. The second kappa shape index (κ2) is 6.55. The number of nitrogens with zero attached hydrogens (tertiary/aromatic N) is 1. The van der Waals surface area contributed by atoms with Crippen LogP contribution < -0.4 is 5.32 Å². The molecule has 1 N–H and O–H groups in total. The first-order valence-corrected chi connectivity index (χ1v) is 7.30. The Kier molecular flexibility index (Phi) is 5.03. The summed E-state index contributed by atoms with van der Waals surface area (Å²) in [5.41, 5.74) is 0. The van der Waals surface area contributed by atoms with Gasteiger partial charge in [-0.2, -0.15) is 0 Å². The van der Waals surface area contributed by atoms with Crippen LogP contribution in [0.4, 0.5) is 0 Å².